The monoisotopic (exact) mass is 403 g/mol. The zero-order valence-corrected chi connectivity index (χ0v) is 17.4. The standard InChI is InChI=1S/C24H25N3O3/c1-14-8-19-11-20(12-26-23(29)13-25-16(3)28)30-24(19)21(9-14)17-6-7-22-18(10-17)5-4-15(2)27-22/h4-10,20H,11-13H2,1-3H3,(H,25,28)(H,26,29)/t20-/m1/s1. The summed E-state index contributed by atoms with van der Waals surface area (Å²) in [7, 11) is 0. The summed E-state index contributed by atoms with van der Waals surface area (Å²) in [6.07, 6.45) is 0.602. The molecule has 2 N–H and O–H groups in total. The molecule has 3 aromatic rings. The first-order valence-electron chi connectivity index (χ1n) is 10.1. The van der Waals surface area contributed by atoms with Crippen molar-refractivity contribution >= 4 is 22.7 Å². The second-order valence-electron chi connectivity index (χ2n) is 7.82. The lowest BCUT2D eigenvalue weighted by molar-refractivity contribution is -0.125. The Morgan fingerprint density at radius 1 is 1.10 bits per heavy atom. The molecule has 1 aliphatic heterocycles. The van der Waals surface area contributed by atoms with Gasteiger partial charge in [-0.05, 0) is 54.8 Å². The zero-order chi connectivity index (χ0) is 21.3. The lowest BCUT2D eigenvalue weighted by atomic mass is 9.97. The second-order valence-corrected chi connectivity index (χ2v) is 7.82. The number of hydrogen-bond donors (Lipinski definition) is 2. The largest absolute Gasteiger partial charge is 0.487 e. The number of nitrogens with one attached hydrogen (secondary N) is 2. The fourth-order valence-corrected chi connectivity index (χ4v) is 3.81. The van der Waals surface area contributed by atoms with Crippen LogP contribution in [0.25, 0.3) is 22.0 Å². The third kappa shape index (κ3) is 4.27. The van der Waals surface area contributed by atoms with Crippen molar-refractivity contribution in [2.75, 3.05) is 13.1 Å². The fraction of sp³-hybridized carbons (Fsp3) is 0.292. The number of pyridine rings is 1. The minimum atomic E-state index is -0.226. The van der Waals surface area contributed by atoms with Gasteiger partial charge in [0.1, 0.15) is 11.9 Å². The van der Waals surface area contributed by atoms with E-state index in [1.165, 1.54) is 12.5 Å². The average molecular weight is 403 g/mol. The van der Waals surface area contributed by atoms with Crippen LogP contribution in [0.4, 0.5) is 0 Å². The van der Waals surface area contributed by atoms with E-state index in [-0.39, 0.29) is 24.5 Å². The molecule has 0 saturated carbocycles. The highest BCUT2D eigenvalue weighted by Gasteiger charge is 2.26. The van der Waals surface area contributed by atoms with Crippen LogP contribution in [-0.2, 0) is 16.0 Å². The molecule has 0 fully saturated rings. The fourth-order valence-electron chi connectivity index (χ4n) is 3.81. The number of carbonyl (C=O) groups is 2. The zero-order valence-electron chi connectivity index (χ0n) is 17.4. The molecule has 1 aromatic heterocycles. The number of hydrogen-bond acceptors (Lipinski definition) is 4. The minimum Gasteiger partial charge on any atom is -0.487 e. The molecule has 154 valence electrons. The summed E-state index contributed by atoms with van der Waals surface area (Å²) in [5.74, 6) is 0.426. The summed E-state index contributed by atoms with van der Waals surface area (Å²) < 4.78 is 6.24. The molecule has 6 nitrogen and oxygen atoms in total. The predicted octanol–water partition coefficient (Wildman–Crippen LogP) is 3.07. The quantitative estimate of drug-likeness (QED) is 0.686. The Hall–Kier alpha value is -3.41. The summed E-state index contributed by atoms with van der Waals surface area (Å²) in [4.78, 5) is 27.4. The first kappa shape index (κ1) is 19.9. The van der Waals surface area contributed by atoms with Gasteiger partial charge in [-0.1, -0.05) is 18.2 Å². The second kappa shape index (κ2) is 8.14. The van der Waals surface area contributed by atoms with Crippen LogP contribution >= 0.6 is 0 Å². The van der Waals surface area contributed by atoms with Crippen molar-refractivity contribution in [1.82, 2.24) is 15.6 Å². The molecule has 30 heavy (non-hydrogen) atoms. The SMILES string of the molecule is CC(=O)NCC(=O)NC[C@H]1Cc2cc(C)cc(-c3ccc4nc(C)ccc4c3)c2O1. The van der Waals surface area contributed by atoms with E-state index in [2.05, 4.69) is 52.9 Å². The predicted molar refractivity (Wildman–Crippen MR) is 116 cm³/mol. The Morgan fingerprint density at radius 3 is 2.73 bits per heavy atom. The first-order valence-corrected chi connectivity index (χ1v) is 10.1. The molecule has 0 bridgehead atoms. The molecule has 2 heterocycles. The van der Waals surface area contributed by atoms with E-state index in [4.69, 9.17) is 4.74 Å². The molecule has 1 aliphatic rings. The highest BCUT2D eigenvalue weighted by molar-refractivity contribution is 5.87. The number of benzene rings is 2. The van der Waals surface area contributed by atoms with Crippen LogP contribution in [0.5, 0.6) is 5.75 Å². The van der Waals surface area contributed by atoms with Crippen molar-refractivity contribution < 1.29 is 14.3 Å². The highest BCUT2D eigenvalue weighted by atomic mass is 16.5. The van der Waals surface area contributed by atoms with Crippen LogP contribution in [0, 0.1) is 13.8 Å². The Morgan fingerprint density at radius 2 is 1.93 bits per heavy atom. The molecule has 2 amide bonds. The van der Waals surface area contributed by atoms with Crippen molar-refractivity contribution in [2.45, 2.75) is 33.3 Å². The van der Waals surface area contributed by atoms with Gasteiger partial charge < -0.3 is 15.4 Å². The molecule has 0 radical (unpaired) electrons. The molecule has 2 aromatic carbocycles. The van der Waals surface area contributed by atoms with Gasteiger partial charge >= 0.3 is 0 Å². The van der Waals surface area contributed by atoms with Gasteiger partial charge in [-0.3, -0.25) is 14.6 Å². The molecule has 0 saturated heterocycles. The van der Waals surface area contributed by atoms with Crippen molar-refractivity contribution in [3.05, 3.63) is 59.3 Å². The maximum atomic E-state index is 11.9. The van der Waals surface area contributed by atoms with Crippen LogP contribution in [0.1, 0.15) is 23.7 Å². The average Bonchev–Trinajstić information content (AvgIpc) is 3.12. The number of aromatic nitrogens is 1. The van der Waals surface area contributed by atoms with Crippen molar-refractivity contribution in [1.29, 1.82) is 0 Å². The molecular formula is C24H25N3O3. The van der Waals surface area contributed by atoms with E-state index < -0.39 is 0 Å². The summed E-state index contributed by atoms with van der Waals surface area (Å²) in [5.41, 5.74) is 6.43. The Kier molecular flexibility index (Phi) is 5.40. The Balaban J connectivity index is 1.54. The number of nitrogens with zero attached hydrogens (tertiary/aromatic N) is 1. The number of carbonyl (C=O) groups excluding carboxylic acids is 2. The molecule has 1 atom stereocenters. The van der Waals surface area contributed by atoms with Crippen LogP contribution in [0.3, 0.4) is 0 Å². The van der Waals surface area contributed by atoms with Gasteiger partial charge in [0.05, 0.1) is 18.6 Å². The van der Waals surface area contributed by atoms with Gasteiger partial charge in [-0.15, -0.1) is 0 Å². The minimum absolute atomic E-state index is 0.0238. The van der Waals surface area contributed by atoms with Crippen LogP contribution in [0.15, 0.2) is 42.5 Å². The molecule has 0 spiro atoms. The number of ether oxygens (including phenoxy) is 1. The smallest absolute Gasteiger partial charge is 0.239 e. The van der Waals surface area contributed by atoms with Crippen molar-refractivity contribution in [3.63, 3.8) is 0 Å². The maximum absolute atomic E-state index is 11.9. The van der Waals surface area contributed by atoms with Gasteiger partial charge in [0, 0.05) is 30.0 Å². The lowest BCUT2D eigenvalue weighted by Gasteiger charge is -2.14. The summed E-state index contributed by atoms with van der Waals surface area (Å²) in [6, 6.07) is 14.7. The number of amides is 2. The van der Waals surface area contributed by atoms with Crippen molar-refractivity contribution in [2.24, 2.45) is 0 Å². The maximum Gasteiger partial charge on any atom is 0.239 e. The summed E-state index contributed by atoms with van der Waals surface area (Å²) in [6.45, 7) is 5.83. The van der Waals surface area contributed by atoms with Gasteiger partial charge in [0.25, 0.3) is 0 Å². The molecule has 6 heteroatoms. The molecule has 0 aliphatic carbocycles. The van der Waals surface area contributed by atoms with Crippen LogP contribution in [-0.4, -0.2) is 36.0 Å². The van der Waals surface area contributed by atoms with Gasteiger partial charge in [0.2, 0.25) is 11.8 Å². The van der Waals surface area contributed by atoms with E-state index in [0.29, 0.717) is 6.54 Å². The number of aryl methyl sites for hydroxylation is 2. The van der Waals surface area contributed by atoms with Crippen molar-refractivity contribution in [3.8, 4) is 16.9 Å². The van der Waals surface area contributed by atoms with E-state index in [1.807, 2.05) is 19.1 Å². The van der Waals surface area contributed by atoms with Crippen LogP contribution in [0.2, 0.25) is 0 Å². The molecule has 4 rings (SSSR count). The number of rotatable bonds is 5. The summed E-state index contributed by atoms with van der Waals surface area (Å²) in [5, 5.41) is 6.42. The first-order chi connectivity index (χ1) is 14.4. The summed E-state index contributed by atoms with van der Waals surface area (Å²) >= 11 is 0. The van der Waals surface area contributed by atoms with Crippen LogP contribution < -0.4 is 15.4 Å². The highest BCUT2D eigenvalue weighted by Crippen LogP contribution is 2.40. The third-order valence-electron chi connectivity index (χ3n) is 5.21. The Labute approximate surface area is 175 Å². The van der Waals surface area contributed by atoms with E-state index in [9.17, 15) is 9.59 Å². The normalized spacial score (nSPS) is 14.8. The van der Waals surface area contributed by atoms with Gasteiger partial charge in [-0.25, -0.2) is 0 Å². The number of fused-ring (bicyclic) bond motifs is 2. The van der Waals surface area contributed by atoms with Gasteiger partial charge in [-0.2, -0.15) is 0 Å². The van der Waals surface area contributed by atoms with E-state index in [0.717, 1.165) is 45.5 Å². The Bertz CT molecular complexity index is 1140. The third-order valence-corrected chi connectivity index (χ3v) is 5.21. The molecule has 0 unspecified atom stereocenters. The molecular weight excluding hydrogens is 378 g/mol. The van der Waals surface area contributed by atoms with Gasteiger partial charge in [0.15, 0.2) is 0 Å². The topological polar surface area (TPSA) is 80.3 Å². The lowest BCUT2D eigenvalue weighted by Crippen LogP contribution is -2.40. The van der Waals surface area contributed by atoms with E-state index >= 15 is 0 Å². The van der Waals surface area contributed by atoms with E-state index in [1.54, 1.807) is 0 Å².